The van der Waals surface area contributed by atoms with E-state index >= 15 is 0 Å². The number of hydrogen-bond acceptors (Lipinski definition) is 2. The number of rotatable bonds is 9. The Morgan fingerprint density at radius 3 is 1.00 bits per heavy atom. The Hall–Kier alpha value is -1.27. The van der Waals surface area contributed by atoms with Crippen LogP contribution >= 0.6 is 0 Å². The number of aliphatic hydroxyl groups excluding tert-OH is 2. The van der Waals surface area contributed by atoms with Gasteiger partial charge in [-0.1, -0.05) is 0 Å². The van der Waals surface area contributed by atoms with Gasteiger partial charge in [0.2, 0.25) is 0 Å². The summed E-state index contributed by atoms with van der Waals surface area (Å²) >= 11 is 0. The molecule has 0 bridgehead atoms. The van der Waals surface area contributed by atoms with Gasteiger partial charge in [0, 0.05) is 6.42 Å². The van der Waals surface area contributed by atoms with Crippen LogP contribution in [0.25, 0.3) is 0 Å². The van der Waals surface area contributed by atoms with Gasteiger partial charge in [-0.25, -0.2) is 0 Å². The third-order valence-electron chi connectivity index (χ3n) is 3.49. The first-order valence-corrected chi connectivity index (χ1v) is 6.71. The normalized spacial score (nSPS) is 17.3. The van der Waals surface area contributed by atoms with Crippen molar-refractivity contribution >= 4 is 0 Å². The number of aliphatic hydroxyl groups is 2. The van der Waals surface area contributed by atoms with Crippen molar-refractivity contribution in [3.8, 4) is 0 Å². The molecule has 1 atom stereocenters. The van der Waals surface area contributed by atoms with E-state index in [1.54, 1.807) is 0 Å². The fourth-order valence-corrected chi connectivity index (χ4v) is 1.69. The smallest absolute Gasteiger partial charge is 0.394 e. The standard InChI is InChI=1S/C11H7F17O2/c12-4(13,1-3(30)2-29)5(14,15)6(16,17)7(18,19)8(20,21)9(22,23)10(24,25)11(26,27)28/h3,29-30H,1-2H2/t3-/m1/s1. The van der Waals surface area contributed by atoms with Crippen molar-refractivity contribution in [2.45, 2.75) is 60.2 Å². The minimum atomic E-state index is -8.68. The molecule has 182 valence electrons. The second kappa shape index (κ2) is 7.40. The Labute approximate surface area is 153 Å². The number of alkyl halides is 17. The summed E-state index contributed by atoms with van der Waals surface area (Å²) < 4.78 is 219. The van der Waals surface area contributed by atoms with Crippen LogP contribution in [0.2, 0.25) is 0 Å². The van der Waals surface area contributed by atoms with Crippen molar-refractivity contribution in [3.05, 3.63) is 0 Å². The molecule has 0 aromatic carbocycles. The molecule has 19 heteroatoms. The van der Waals surface area contributed by atoms with Gasteiger partial charge in [-0.15, -0.1) is 0 Å². The maximum atomic E-state index is 13.3. The highest BCUT2D eigenvalue weighted by atomic mass is 19.4. The molecule has 0 aliphatic rings. The third kappa shape index (κ3) is 3.75. The van der Waals surface area contributed by atoms with E-state index in [1.165, 1.54) is 0 Å². The topological polar surface area (TPSA) is 40.5 Å². The fraction of sp³-hybridized carbons (Fsp3) is 1.00. The first kappa shape index (κ1) is 28.7. The second-order valence-corrected chi connectivity index (χ2v) is 5.69. The minimum Gasteiger partial charge on any atom is -0.394 e. The molecule has 0 rings (SSSR count). The Bertz CT molecular complexity index is 607. The first-order valence-electron chi connectivity index (χ1n) is 6.71. The molecule has 0 radical (unpaired) electrons. The van der Waals surface area contributed by atoms with Crippen molar-refractivity contribution in [2.24, 2.45) is 0 Å². The summed E-state index contributed by atoms with van der Waals surface area (Å²) in [4.78, 5) is 0. The van der Waals surface area contributed by atoms with Gasteiger partial charge >= 0.3 is 47.6 Å². The van der Waals surface area contributed by atoms with Gasteiger partial charge in [0.05, 0.1) is 12.7 Å². The molecule has 0 saturated heterocycles. The molecule has 0 unspecified atom stereocenters. The summed E-state index contributed by atoms with van der Waals surface area (Å²) in [6, 6.07) is 0. The summed E-state index contributed by atoms with van der Waals surface area (Å²) in [5, 5.41) is 16.7. The highest BCUT2D eigenvalue weighted by molar-refractivity contribution is 5.15. The van der Waals surface area contributed by atoms with Crippen LogP contribution in [0.15, 0.2) is 0 Å². The van der Waals surface area contributed by atoms with Crippen molar-refractivity contribution in [1.82, 2.24) is 0 Å². The molecule has 0 heterocycles. The summed E-state index contributed by atoms with van der Waals surface area (Å²) in [6.07, 6.45) is -14.0. The molecule has 0 amide bonds. The summed E-state index contributed by atoms with van der Waals surface area (Å²) in [7, 11) is 0. The minimum absolute atomic E-state index is 1.92. The number of hydrogen-bond donors (Lipinski definition) is 2. The van der Waals surface area contributed by atoms with E-state index in [2.05, 4.69) is 0 Å². The quantitative estimate of drug-likeness (QED) is 0.455. The second-order valence-electron chi connectivity index (χ2n) is 5.69. The average molecular weight is 494 g/mol. The van der Waals surface area contributed by atoms with Crippen LogP contribution < -0.4 is 0 Å². The third-order valence-corrected chi connectivity index (χ3v) is 3.49. The lowest BCUT2D eigenvalue weighted by Gasteiger charge is -2.43. The molecule has 2 nitrogen and oxygen atoms in total. The van der Waals surface area contributed by atoms with Gasteiger partial charge in [-0.3, -0.25) is 0 Å². The maximum Gasteiger partial charge on any atom is 0.460 e. The lowest BCUT2D eigenvalue weighted by atomic mass is 9.88. The highest BCUT2D eigenvalue weighted by Crippen LogP contribution is 2.64. The van der Waals surface area contributed by atoms with Gasteiger partial charge in [0.1, 0.15) is 0 Å². The predicted octanol–water partition coefficient (Wildman–Crippen LogP) is 4.74. The van der Waals surface area contributed by atoms with E-state index in [9.17, 15) is 74.6 Å². The van der Waals surface area contributed by atoms with Crippen molar-refractivity contribution < 1.29 is 84.9 Å². The summed E-state index contributed by atoms with van der Waals surface area (Å²) in [6.45, 7) is -1.92. The SMILES string of the molecule is OC[C@H](O)CC(F)(F)C(F)(F)C(F)(F)C(F)(F)C(F)(F)C(F)(F)C(F)(F)C(F)(F)F. The van der Waals surface area contributed by atoms with Gasteiger partial charge in [-0.05, 0) is 0 Å². The largest absolute Gasteiger partial charge is 0.460 e. The molecule has 2 N–H and O–H groups in total. The Kier molecular flexibility index (Phi) is 7.09. The summed E-state index contributed by atoms with van der Waals surface area (Å²) in [5.41, 5.74) is 0. The highest BCUT2D eigenvalue weighted by Gasteiger charge is 2.95. The van der Waals surface area contributed by atoms with E-state index < -0.39 is 66.8 Å². The van der Waals surface area contributed by atoms with Crippen LogP contribution in [0.3, 0.4) is 0 Å². The van der Waals surface area contributed by atoms with E-state index in [0.29, 0.717) is 0 Å². The molecule has 0 aromatic heterocycles. The number of halogens is 17. The molecule has 0 aliphatic carbocycles. The fourth-order valence-electron chi connectivity index (χ4n) is 1.69. The molecule has 0 fully saturated rings. The van der Waals surface area contributed by atoms with E-state index in [1.807, 2.05) is 0 Å². The average Bonchev–Trinajstić information content (AvgIpc) is 2.51. The summed E-state index contributed by atoms with van der Waals surface area (Å²) in [5.74, 6) is -57.0. The molecule has 0 aromatic rings. The van der Waals surface area contributed by atoms with Gasteiger partial charge in [-0.2, -0.15) is 74.6 Å². The van der Waals surface area contributed by atoms with Crippen LogP contribution in [0.1, 0.15) is 6.42 Å². The van der Waals surface area contributed by atoms with E-state index in [0.717, 1.165) is 0 Å². The Morgan fingerprint density at radius 1 is 0.467 bits per heavy atom. The molecule has 0 saturated carbocycles. The van der Waals surface area contributed by atoms with Crippen LogP contribution in [-0.2, 0) is 0 Å². The lowest BCUT2D eigenvalue weighted by molar-refractivity contribution is -0.462. The van der Waals surface area contributed by atoms with E-state index in [4.69, 9.17) is 10.2 Å². The van der Waals surface area contributed by atoms with Crippen LogP contribution in [0.4, 0.5) is 74.6 Å². The zero-order chi connectivity index (χ0) is 25.0. The van der Waals surface area contributed by atoms with Gasteiger partial charge in [0.25, 0.3) is 0 Å². The maximum absolute atomic E-state index is 13.3. The Balaban J connectivity index is 6.62. The van der Waals surface area contributed by atoms with Gasteiger partial charge < -0.3 is 10.2 Å². The first-order chi connectivity index (χ1) is 12.7. The predicted molar refractivity (Wildman–Crippen MR) is 58.4 cm³/mol. The molecule has 0 aliphatic heterocycles. The van der Waals surface area contributed by atoms with Crippen LogP contribution in [0.5, 0.6) is 0 Å². The van der Waals surface area contributed by atoms with Crippen molar-refractivity contribution in [3.63, 3.8) is 0 Å². The lowest BCUT2D eigenvalue weighted by Crippen LogP contribution is -2.74. The van der Waals surface area contributed by atoms with E-state index in [-0.39, 0.29) is 0 Å². The monoisotopic (exact) mass is 494 g/mol. The molecular formula is C11H7F17O2. The Morgan fingerprint density at radius 2 is 0.733 bits per heavy atom. The van der Waals surface area contributed by atoms with Crippen molar-refractivity contribution in [2.75, 3.05) is 6.61 Å². The van der Waals surface area contributed by atoms with Crippen molar-refractivity contribution in [1.29, 1.82) is 0 Å². The molecule has 30 heavy (non-hydrogen) atoms. The van der Waals surface area contributed by atoms with Crippen LogP contribution in [0, 0.1) is 0 Å². The van der Waals surface area contributed by atoms with Gasteiger partial charge in [0.15, 0.2) is 0 Å². The molecular weight excluding hydrogens is 487 g/mol. The van der Waals surface area contributed by atoms with Crippen LogP contribution in [-0.4, -0.2) is 70.6 Å². The zero-order valence-electron chi connectivity index (χ0n) is 13.3. The zero-order valence-corrected chi connectivity index (χ0v) is 13.3. The molecule has 0 spiro atoms.